The quantitative estimate of drug-likeness (QED) is 0.876. The summed E-state index contributed by atoms with van der Waals surface area (Å²) in [6, 6.07) is 5.16. The number of nitrogens with zero attached hydrogens (tertiary/aromatic N) is 1. The smallest absolute Gasteiger partial charge is 0.344 e. The molecule has 1 N–H and O–H groups in total. The minimum absolute atomic E-state index is 0.0739. The molecule has 1 aromatic carbocycles. The van der Waals surface area contributed by atoms with Crippen LogP contribution in [0.15, 0.2) is 24.3 Å². The minimum atomic E-state index is -4.36. The summed E-state index contributed by atoms with van der Waals surface area (Å²) in [5, 5.41) is 2.94. The normalized spacial score (nSPS) is 13.0. The summed E-state index contributed by atoms with van der Waals surface area (Å²) in [5.74, 6) is -0.327. The van der Waals surface area contributed by atoms with Crippen LogP contribution in [0.5, 0.6) is 0 Å². The maximum Gasteiger partial charge on any atom is 0.416 e. The van der Waals surface area contributed by atoms with Gasteiger partial charge in [-0.25, -0.2) is 0 Å². The van der Waals surface area contributed by atoms with Gasteiger partial charge in [-0.3, -0.25) is 4.79 Å². The zero-order valence-electron chi connectivity index (χ0n) is 12.5. The van der Waals surface area contributed by atoms with Crippen molar-refractivity contribution in [2.24, 2.45) is 0 Å². The van der Waals surface area contributed by atoms with Crippen molar-refractivity contribution in [1.29, 1.82) is 0 Å². The van der Waals surface area contributed by atoms with Gasteiger partial charge in [-0.05, 0) is 24.6 Å². The Kier molecular flexibility index (Phi) is 6.20. The van der Waals surface area contributed by atoms with Crippen LogP contribution in [0.3, 0.4) is 0 Å². The van der Waals surface area contributed by atoms with Crippen molar-refractivity contribution < 1.29 is 18.0 Å². The van der Waals surface area contributed by atoms with Gasteiger partial charge in [-0.15, -0.1) is 0 Å². The second-order valence-electron chi connectivity index (χ2n) is 5.15. The molecule has 1 rings (SSSR count). The highest BCUT2D eigenvalue weighted by Gasteiger charge is 2.30. The highest BCUT2D eigenvalue weighted by atomic mass is 19.4. The fourth-order valence-corrected chi connectivity index (χ4v) is 1.96. The van der Waals surface area contributed by atoms with E-state index in [1.807, 2.05) is 0 Å². The standard InChI is InChI=1S/C15H21F3N2O/c1-11(9-14(21)20(3)8-7-19-2)12-5-4-6-13(10-12)15(16,17)18/h4-6,10-11,19H,7-9H2,1-3H3. The third-order valence-corrected chi connectivity index (χ3v) is 3.39. The lowest BCUT2D eigenvalue weighted by Gasteiger charge is -2.20. The van der Waals surface area contributed by atoms with E-state index in [0.717, 1.165) is 12.1 Å². The summed E-state index contributed by atoms with van der Waals surface area (Å²) in [6.45, 7) is 3.02. The van der Waals surface area contributed by atoms with E-state index in [4.69, 9.17) is 0 Å². The van der Waals surface area contributed by atoms with Crippen LogP contribution in [0.1, 0.15) is 30.4 Å². The zero-order valence-corrected chi connectivity index (χ0v) is 12.5. The lowest BCUT2D eigenvalue weighted by molar-refractivity contribution is -0.137. The highest BCUT2D eigenvalue weighted by Crippen LogP contribution is 2.31. The van der Waals surface area contributed by atoms with Crippen LogP contribution in [-0.2, 0) is 11.0 Å². The summed E-state index contributed by atoms with van der Waals surface area (Å²) >= 11 is 0. The average molecular weight is 302 g/mol. The molecule has 1 aromatic rings. The monoisotopic (exact) mass is 302 g/mol. The van der Waals surface area contributed by atoms with Gasteiger partial charge in [0, 0.05) is 26.6 Å². The Balaban J connectivity index is 2.71. The van der Waals surface area contributed by atoms with E-state index in [1.54, 1.807) is 32.0 Å². The number of halogens is 3. The largest absolute Gasteiger partial charge is 0.416 e. The molecule has 0 saturated heterocycles. The van der Waals surface area contributed by atoms with Gasteiger partial charge in [0.2, 0.25) is 5.91 Å². The molecule has 0 aliphatic carbocycles. The molecule has 0 saturated carbocycles. The first-order chi connectivity index (χ1) is 9.75. The van der Waals surface area contributed by atoms with Crippen LogP contribution < -0.4 is 5.32 Å². The van der Waals surface area contributed by atoms with Crippen LogP contribution in [0.2, 0.25) is 0 Å². The van der Waals surface area contributed by atoms with Crippen molar-refractivity contribution in [3.63, 3.8) is 0 Å². The molecule has 0 aliphatic rings. The molecule has 0 aromatic heterocycles. The maximum atomic E-state index is 12.7. The van der Waals surface area contributed by atoms with Crippen LogP contribution in [0.4, 0.5) is 13.2 Å². The fraction of sp³-hybridized carbons (Fsp3) is 0.533. The molecule has 21 heavy (non-hydrogen) atoms. The molecule has 1 amide bonds. The third-order valence-electron chi connectivity index (χ3n) is 3.39. The molecule has 0 radical (unpaired) electrons. The van der Waals surface area contributed by atoms with E-state index in [9.17, 15) is 18.0 Å². The first-order valence-electron chi connectivity index (χ1n) is 6.81. The maximum absolute atomic E-state index is 12.7. The van der Waals surface area contributed by atoms with E-state index in [0.29, 0.717) is 18.7 Å². The first kappa shape index (κ1) is 17.5. The van der Waals surface area contributed by atoms with Crippen molar-refractivity contribution >= 4 is 5.91 Å². The topological polar surface area (TPSA) is 32.3 Å². The molecule has 0 fully saturated rings. The second-order valence-corrected chi connectivity index (χ2v) is 5.15. The minimum Gasteiger partial charge on any atom is -0.344 e. The van der Waals surface area contributed by atoms with Gasteiger partial charge in [-0.2, -0.15) is 13.2 Å². The summed E-state index contributed by atoms with van der Waals surface area (Å²) < 4.78 is 38.0. The predicted octanol–water partition coefficient (Wildman–Crippen LogP) is 2.88. The zero-order chi connectivity index (χ0) is 16.0. The number of amides is 1. The number of alkyl halides is 3. The number of nitrogens with one attached hydrogen (secondary N) is 1. The Morgan fingerprint density at radius 2 is 2.05 bits per heavy atom. The number of carbonyl (C=O) groups excluding carboxylic acids is 1. The Bertz CT molecular complexity index is 474. The van der Waals surface area contributed by atoms with E-state index in [2.05, 4.69) is 5.32 Å². The fourth-order valence-electron chi connectivity index (χ4n) is 1.96. The molecule has 3 nitrogen and oxygen atoms in total. The summed E-state index contributed by atoms with van der Waals surface area (Å²) in [4.78, 5) is 13.6. The number of likely N-dealkylation sites (N-methyl/N-ethyl adjacent to an activating group) is 2. The molecule has 1 atom stereocenters. The third kappa shape index (κ3) is 5.38. The predicted molar refractivity (Wildman–Crippen MR) is 76.0 cm³/mol. The van der Waals surface area contributed by atoms with Gasteiger partial charge in [-0.1, -0.05) is 25.1 Å². The van der Waals surface area contributed by atoms with Crippen LogP contribution in [-0.4, -0.2) is 38.0 Å². The Hall–Kier alpha value is -1.56. The molecular formula is C15H21F3N2O. The van der Waals surface area contributed by atoms with E-state index < -0.39 is 11.7 Å². The number of hydrogen-bond donors (Lipinski definition) is 1. The van der Waals surface area contributed by atoms with Gasteiger partial charge in [0.15, 0.2) is 0 Å². The lowest BCUT2D eigenvalue weighted by Crippen LogP contribution is -2.33. The van der Waals surface area contributed by atoms with Gasteiger partial charge < -0.3 is 10.2 Å². The molecule has 118 valence electrons. The van der Waals surface area contributed by atoms with Crippen LogP contribution in [0.25, 0.3) is 0 Å². The number of benzene rings is 1. The summed E-state index contributed by atoms with van der Waals surface area (Å²) in [5.41, 5.74) is -0.150. The number of carbonyl (C=O) groups is 1. The summed E-state index contributed by atoms with van der Waals surface area (Å²) in [7, 11) is 3.49. The SMILES string of the molecule is CNCCN(C)C(=O)CC(C)c1cccc(C(F)(F)F)c1. The molecule has 1 unspecified atom stereocenters. The Morgan fingerprint density at radius 3 is 2.62 bits per heavy atom. The van der Waals surface area contributed by atoms with Crippen molar-refractivity contribution in [1.82, 2.24) is 10.2 Å². The molecule has 0 bridgehead atoms. The van der Waals surface area contributed by atoms with Crippen molar-refractivity contribution in [2.45, 2.75) is 25.4 Å². The number of rotatable bonds is 6. The van der Waals surface area contributed by atoms with Crippen molar-refractivity contribution in [3.8, 4) is 0 Å². The van der Waals surface area contributed by atoms with Gasteiger partial charge >= 0.3 is 6.18 Å². The van der Waals surface area contributed by atoms with E-state index in [1.165, 1.54) is 6.07 Å². The molecule has 0 spiro atoms. The molecule has 6 heteroatoms. The van der Waals surface area contributed by atoms with E-state index >= 15 is 0 Å². The molecule has 0 aliphatic heterocycles. The Labute approximate surface area is 123 Å². The first-order valence-corrected chi connectivity index (χ1v) is 6.81. The lowest BCUT2D eigenvalue weighted by atomic mass is 9.95. The van der Waals surface area contributed by atoms with Crippen molar-refractivity contribution in [3.05, 3.63) is 35.4 Å². The Morgan fingerprint density at radius 1 is 1.38 bits per heavy atom. The van der Waals surface area contributed by atoms with E-state index in [-0.39, 0.29) is 18.2 Å². The second kappa shape index (κ2) is 7.45. The van der Waals surface area contributed by atoms with Crippen LogP contribution >= 0.6 is 0 Å². The highest BCUT2D eigenvalue weighted by molar-refractivity contribution is 5.76. The molecule has 0 heterocycles. The average Bonchev–Trinajstić information content (AvgIpc) is 2.43. The van der Waals surface area contributed by atoms with Crippen molar-refractivity contribution in [2.75, 3.05) is 27.2 Å². The van der Waals surface area contributed by atoms with Gasteiger partial charge in [0.1, 0.15) is 0 Å². The van der Waals surface area contributed by atoms with Crippen LogP contribution in [0, 0.1) is 0 Å². The number of hydrogen-bond acceptors (Lipinski definition) is 2. The van der Waals surface area contributed by atoms with Gasteiger partial charge in [0.05, 0.1) is 5.56 Å². The summed E-state index contributed by atoms with van der Waals surface area (Å²) in [6.07, 6.45) is -4.16. The van der Waals surface area contributed by atoms with Gasteiger partial charge in [0.25, 0.3) is 0 Å². The molecular weight excluding hydrogens is 281 g/mol.